The van der Waals surface area contributed by atoms with Crippen molar-refractivity contribution in [1.82, 2.24) is 0 Å². The number of allylic oxidation sites excluding steroid dienone is 9. The zero-order valence-electron chi connectivity index (χ0n) is 9.05. The SMILES string of the molecule is C=C(/C=C\C=C(C)C)/C=C\C=C(/C)F. The highest BCUT2D eigenvalue weighted by atomic mass is 19.1. The Balaban J connectivity index is 4.12. The van der Waals surface area contributed by atoms with Gasteiger partial charge in [0.2, 0.25) is 0 Å². The summed E-state index contributed by atoms with van der Waals surface area (Å²) in [6.07, 6.45) is 10.6. The minimum absolute atomic E-state index is 0.206. The van der Waals surface area contributed by atoms with Crippen molar-refractivity contribution < 1.29 is 4.39 Å². The maximum Gasteiger partial charge on any atom is 0.0968 e. The van der Waals surface area contributed by atoms with Crippen molar-refractivity contribution in [3.05, 3.63) is 60.0 Å². The van der Waals surface area contributed by atoms with Gasteiger partial charge in [-0.3, -0.25) is 0 Å². The summed E-state index contributed by atoms with van der Waals surface area (Å²) in [6.45, 7) is 9.25. The molecule has 14 heavy (non-hydrogen) atoms. The summed E-state index contributed by atoms with van der Waals surface area (Å²) in [5.74, 6) is -0.206. The first-order valence-electron chi connectivity index (χ1n) is 4.53. The van der Waals surface area contributed by atoms with Crippen molar-refractivity contribution in [2.75, 3.05) is 0 Å². The van der Waals surface area contributed by atoms with Crippen LogP contribution >= 0.6 is 0 Å². The maximum atomic E-state index is 12.3. The van der Waals surface area contributed by atoms with Gasteiger partial charge in [-0.25, -0.2) is 4.39 Å². The van der Waals surface area contributed by atoms with E-state index < -0.39 is 0 Å². The zero-order valence-corrected chi connectivity index (χ0v) is 9.05. The van der Waals surface area contributed by atoms with E-state index in [4.69, 9.17) is 0 Å². The molecule has 0 fully saturated rings. The first kappa shape index (κ1) is 12.6. The highest BCUT2D eigenvalue weighted by molar-refractivity contribution is 5.31. The Kier molecular flexibility index (Phi) is 6.38. The van der Waals surface area contributed by atoms with Gasteiger partial charge < -0.3 is 0 Å². The Morgan fingerprint density at radius 1 is 1.00 bits per heavy atom. The number of hydrogen-bond donors (Lipinski definition) is 0. The first-order valence-corrected chi connectivity index (χ1v) is 4.53. The standard InChI is InChI=1S/C13H17F/c1-11(2)7-5-8-12(3)9-6-10-13(4)14/h5-10H,3H2,1-2,4H3/b8-5-,9-6-,13-10+. The average molecular weight is 192 g/mol. The monoisotopic (exact) mass is 192 g/mol. The molecule has 0 N–H and O–H groups in total. The van der Waals surface area contributed by atoms with Gasteiger partial charge in [-0.2, -0.15) is 0 Å². The molecule has 0 aliphatic heterocycles. The van der Waals surface area contributed by atoms with Crippen LogP contribution in [0.4, 0.5) is 4.39 Å². The van der Waals surface area contributed by atoms with Crippen molar-refractivity contribution in [3.8, 4) is 0 Å². The normalized spacial score (nSPS) is 12.4. The highest BCUT2D eigenvalue weighted by Gasteiger charge is 1.79. The smallest absolute Gasteiger partial charge is 0.0968 e. The molecule has 76 valence electrons. The molecular weight excluding hydrogens is 175 g/mol. The summed E-state index contributed by atoms with van der Waals surface area (Å²) in [5.41, 5.74) is 2.08. The summed E-state index contributed by atoms with van der Waals surface area (Å²) in [5, 5.41) is 0. The van der Waals surface area contributed by atoms with Crippen molar-refractivity contribution in [1.29, 1.82) is 0 Å². The predicted molar refractivity (Wildman–Crippen MR) is 61.7 cm³/mol. The van der Waals surface area contributed by atoms with Crippen LogP contribution in [0.3, 0.4) is 0 Å². The third-order valence-corrected chi connectivity index (χ3v) is 1.38. The Morgan fingerprint density at radius 3 is 1.93 bits per heavy atom. The quantitative estimate of drug-likeness (QED) is 0.575. The van der Waals surface area contributed by atoms with Crippen molar-refractivity contribution in [2.45, 2.75) is 20.8 Å². The molecule has 0 aromatic heterocycles. The van der Waals surface area contributed by atoms with Crippen LogP contribution in [0.1, 0.15) is 20.8 Å². The Hall–Kier alpha value is -1.37. The third kappa shape index (κ3) is 8.72. The molecule has 0 aromatic rings. The molecule has 0 aliphatic carbocycles. The second-order valence-electron chi connectivity index (χ2n) is 3.29. The van der Waals surface area contributed by atoms with Crippen LogP contribution in [0.15, 0.2) is 60.0 Å². The highest BCUT2D eigenvalue weighted by Crippen LogP contribution is 1.99. The molecule has 0 atom stereocenters. The van der Waals surface area contributed by atoms with E-state index in [1.807, 2.05) is 32.1 Å². The van der Waals surface area contributed by atoms with Crippen LogP contribution in [-0.2, 0) is 0 Å². The van der Waals surface area contributed by atoms with Gasteiger partial charge in [0.05, 0.1) is 5.83 Å². The molecule has 0 bridgehead atoms. The molecule has 0 aliphatic rings. The van der Waals surface area contributed by atoms with Gasteiger partial charge >= 0.3 is 0 Å². The fourth-order valence-corrected chi connectivity index (χ4v) is 0.724. The minimum Gasteiger partial charge on any atom is -0.212 e. The van der Waals surface area contributed by atoms with Gasteiger partial charge in [0.25, 0.3) is 0 Å². The van der Waals surface area contributed by atoms with E-state index >= 15 is 0 Å². The number of halogens is 1. The molecule has 0 heterocycles. The van der Waals surface area contributed by atoms with Gasteiger partial charge in [-0.1, -0.05) is 42.5 Å². The molecule has 0 rings (SSSR count). The van der Waals surface area contributed by atoms with E-state index in [0.717, 1.165) is 5.57 Å². The van der Waals surface area contributed by atoms with Crippen LogP contribution < -0.4 is 0 Å². The average Bonchev–Trinajstić information content (AvgIpc) is 2.02. The second-order valence-corrected chi connectivity index (χ2v) is 3.29. The van der Waals surface area contributed by atoms with Crippen LogP contribution in [-0.4, -0.2) is 0 Å². The Labute approximate surface area is 85.8 Å². The summed E-state index contributed by atoms with van der Waals surface area (Å²) < 4.78 is 12.3. The molecule has 0 radical (unpaired) electrons. The van der Waals surface area contributed by atoms with Gasteiger partial charge in [0.1, 0.15) is 0 Å². The van der Waals surface area contributed by atoms with Crippen LogP contribution in [0.25, 0.3) is 0 Å². The molecule has 0 nitrogen and oxygen atoms in total. The molecule has 0 spiro atoms. The lowest BCUT2D eigenvalue weighted by Gasteiger charge is -1.87. The van der Waals surface area contributed by atoms with E-state index in [1.165, 1.54) is 18.6 Å². The molecule has 0 unspecified atom stereocenters. The fraction of sp³-hybridized carbons (Fsp3) is 0.231. The van der Waals surface area contributed by atoms with Crippen LogP contribution in [0.5, 0.6) is 0 Å². The summed E-state index contributed by atoms with van der Waals surface area (Å²) in [7, 11) is 0. The van der Waals surface area contributed by atoms with Gasteiger partial charge in [-0.05, 0) is 32.4 Å². The van der Waals surface area contributed by atoms with E-state index in [2.05, 4.69) is 6.58 Å². The molecule has 0 amide bonds. The van der Waals surface area contributed by atoms with E-state index in [1.54, 1.807) is 12.2 Å². The van der Waals surface area contributed by atoms with Crippen LogP contribution in [0, 0.1) is 0 Å². The zero-order chi connectivity index (χ0) is 11.0. The maximum absolute atomic E-state index is 12.3. The van der Waals surface area contributed by atoms with Crippen LogP contribution in [0.2, 0.25) is 0 Å². The van der Waals surface area contributed by atoms with E-state index in [9.17, 15) is 4.39 Å². The van der Waals surface area contributed by atoms with Gasteiger partial charge in [0, 0.05) is 0 Å². The molecule has 0 saturated carbocycles. The van der Waals surface area contributed by atoms with Crippen molar-refractivity contribution >= 4 is 0 Å². The molecular formula is C13H17F. The second kappa shape index (κ2) is 7.07. The molecule has 0 saturated heterocycles. The van der Waals surface area contributed by atoms with E-state index in [-0.39, 0.29) is 5.83 Å². The lowest BCUT2D eigenvalue weighted by molar-refractivity contribution is 0.640. The third-order valence-electron chi connectivity index (χ3n) is 1.38. The summed E-state index contributed by atoms with van der Waals surface area (Å²) in [6, 6.07) is 0. The Bertz CT molecular complexity index is 263. The lowest BCUT2D eigenvalue weighted by atomic mass is 10.2. The minimum atomic E-state index is -0.206. The van der Waals surface area contributed by atoms with Crippen molar-refractivity contribution in [3.63, 3.8) is 0 Å². The first-order chi connectivity index (χ1) is 6.52. The number of hydrogen-bond acceptors (Lipinski definition) is 0. The largest absolute Gasteiger partial charge is 0.212 e. The topological polar surface area (TPSA) is 0 Å². The number of rotatable bonds is 4. The van der Waals surface area contributed by atoms with E-state index in [0.29, 0.717) is 0 Å². The lowest BCUT2D eigenvalue weighted by Crippen LogP contribution is -1.66. The predicted octanol–water partition coefficient (Wildman–Crippen LogP) is 4.49. The summed E-state index contributed by atoms with van der Waals surface area (Å²) in [4.78, 5) is 0. The van der Waals surface area contributed by atoms with Crippen molar-refractivity contribution in [2.24, 2.45) is 0 Å². The Morgan fingerprint density at radius 2 is 1.50 bits per heavy atom. The van der Waals surface area contributed by atoms with Gasteiger partial charge in [0.15, 0.2) is 0 Å². The molecule has 0 aromatic carbocycles. The van der Waals surface area contributed by atoms with Gasteiger partial charge in [-0.15, -0.1) is 0 Å². The fourth-order valence-electron chi connectivity index (χ4n) is 0.724. The summed E-state index contributed by atoms with van der Waals surface area (Å²) >= 11 is 0. The molecule has 1 heteroatoms.